The fourth-order valence-electron chi connectivity index (χ4n) is 3.75. The first-order valence-electron chi connectivity index (χ1n) is 10.0. The van der Waals surface area contributed by atoms with Gasteiger partial charge in [0.15, 0.2) is 5.82 Å². The third-order valence-corrected chi connectivity index (χ3v) is 5.52. The van der Waals surface area contributed by atoms with Gasteiger partial charge in [-0.25, -0.2) is 9.37 Å². The molecule has 2 nitrogen and oxygen atoms in total. The average molecular weight is 393 g/mol. The van der Waals surface area contributed by atoms with Gasteiger partial charge in [-0.15, -0.1) is 0 Å². The van der Waals surface area contributed by atoms with E-state index >= 15 is 0 Å². The lowest BCUT2D eigenvalue weighted by atomic mass is 9.80. The highest BCUT2D eigenvalue weighted by atomic mass is 32.1. The number of thiocarbonyl (C=S) groups is 1. The molecule has 1 heterocycles. The summed E-state index contributed by atoms with van der Waals surface area (Å²) < 4.78 is 14.3. The first-order valence-corrected chi connectivity index (χ1v) is 10.5. The summed E-state index contributed by atoms with van der Waals surface area (Å²) in [6.45, 7) is 2.26. The number of rotatable bonds is 5. The van der Waals surface area contributed by atoms with Gasteiger partial charge in [-0.3, -0.25) is 0 Å². The summed E-state index contributed by atoms with van der Waals surface area (Å²) in [5.41, 5.74) is 2.17. The summed E-state index contributed by atoms with van der Waals surface area (Å²) in [6, 6.07) is 8.91. The first kappa shape index (κ1) is 20.4. The van der Waals surface area contributed by atoms with E-state index in [0.29, 0.717) is 11.5 Å². The largest absolute Gasteiger partial charge is 0.236 e. The van der Waals surface area contributed by atoms with Gasteiger partial charge >= 0.3 is 0 Å². The van der Waals surface area contributed by atoms with Crippen molar-refractivity contribution in [2.75, 3.05) is 0 Å². The van der Waals surface area contributed by atoms with Crippen LogP contribution in [0.3, 0.4) is 0 Å². The van der Waals surface area contributed by atoms with Crippen molar-refractivity contribution in [1.29, 1.82) is 0 Å². The van der Waals surface area contributed by atoms with Crippen molar-refractivity contribution < 1.29 is 4.39 Å². The highest BCUT2D eigenvalue weighted by molar-refractivity contribution is 7.78. The van der Waals surface area contributed by atoms with Crippen molar-refractivity contribution in [3.05, 3.63) is 47.9 Å². The number of benzene rings is 1. The Morgan fingerprint density at radius 1 is 1.18 bits per heavy atom. The van der Waals surface area contributed by atoms with Gasteiger partial charge in [0.2, 0.25) is 0 Å². The number of unbranched alkanes of at least 4 members (excludes halogenated alkanes) is 1. The topological polar surface area (TPSA) is 25.2 Å². The van der Waals surface area contributed by atoms with Crippen LogP contribution < -0.4 is 0 Å². The lowest BCUT2D eigenvalue weighted by molar-refractivity contribution is 0.296. The second kappa shape index (κ2) is 10.3. The Morgan fingerprint density at radius 3 is 2.57 bits per heavy atom. The summed E-state index contributed by atoms with van der Waals surface area (Å²) in [5.74, 6) is 8.00. The van der Waals surface area contributed by atoms with Gasteiger partial charge in [0.25, 0.3) is 0 Å². The summed E-state index contributed by atoms with van der Waals surface area (Å²) in [5, 5.41) is 2.19. The van der Waals surface area contributed by atoms with Crippen LogP contribution in [0.25, 0.3) is 11.1 Å². The molecule has 1 fully saturated rings. The Labute approximate surface area is 172 Å². The smallest absolute Gasteiger partial charge is 0.165 e. The van der Waals surface area contributed by atoms with Gasteiger partial charge in [0, 0.05) is 29.3 Å². The predicted molar refractivity (Wildman–Crippen MR) is 116 cm³/mol. The molecule has 1 aliphatic rings. The van der Waals surface area contributed by atoms with E-state index in [9.17, 15) is 4.39 Å². The maximum absolute atomic E-state index is 14.3. The molecule has 0 N–H and O–H groups in total. The van der Waals surface area contributed by atoms with Gasteiger partial charge in [0.05, 0.1) is 5.16 Å². The summed E-state index contributed by atoms with van der Waals surface area (Å²) in [6.07, 6.45) is 10.6. The minimum atomic E-state index is -0.377. The Morgan fingerprint density at radius 2 is 1.93 bits per heavy atom. The third-order valence-electron chi connectivity index (χ3n) is 5.43. The SMILES string of the molecule is CCCCC1CCC(C#Cc2ccc(-c3cnc(N=C=S)cc3F)cc2)CC1. The zero-order chi connectivity index (χ0) is 19.8. The average Bonchev–Trinajstić information content (AvgIpc) is 2.72. The van der Waals surface area contributed by atoms with Crippen LogP contribution in [0, 0.1) is 29.5 Å². The molecule has 0 aliphatic heterocycles. The van der Waals surface area contributed by atoms with Crippen LogP contribution in [0.2, 0.25) is 0 Å². The van der Waals surface area contributed by atoms with Gasteiger partial charge in [-0.2, -0.15) is 4.99 Å². The van der Waals surface area contributed by atoms with Crippen molar-refractivity contribution in [3.63, 3.8) is 0 Å². The van der Waals surface area contributed by atoms with Crippen LogP contribution in [0.1, 0.15) is 57.4 Å². The fraction of sp³-hybridized carbons (Fsp3) is 0.417. The number of pyridine rings is 1. The quantitative estimate of drug-likeness (QED) is 0.312. The molecule has 0 spiro atoms. The van der Waals surface area contributed by atoms with Crippen LogP contribution in [0.5, 0.6) is 0 Å². The lowest BCUT2D eigenvalue weighted by Gasteiger charge is -2.25. The summed E-state index contributed by atoms with van der Waals surface area (Å²) in [7, 11) is 0. The predicted octanol–water partition coefficient (Wildman–Crippen LogP) is 6.97. The zero-order valence-electron chi connectivity index (χ0n) is 16.2. The molecular formula is C24H25FN2S. The van der Waals surface area contributed by atoms with Crippen LogP contribution >= 0.6 is 12.2 Å². The van der Waals surface area contributed by atoms with Gasteiger partial charge in [0.1, 0.15) is 5.82 Å². The second-order valence-electron chi connectivity index (χ2n) is 7.43. The zero-order valence-corrected chi connectivity index (χ0v) is 17.1. The van der Waals surface area contributed by atoms with E-state index in [1.165, 1.54) is 57.2 Å². The van der Waals surface area contributed by atoms with E-state index < -0.39 is 0 Å². The van der Waals surface area contributed by atoms with Crippen LogP contribution in [-0.2, 0) is 0 Å². The van der Waals surface area contributed by atoms with Gasteiger partial charge in [-0.1, -0.05) is 50.2 Å². The number of nitrogens with zero attached hydrogens (tertiary/aromatic N) is 2. The molecule has 0 amide bonds. The number of hydrogen-bond acceptors (Lipinski definition) is 3. The number of aliphatic imine (C=N–C) groups is 1. The van der Waals surface area contributed by atoms with Crippen molar-refractivity contribution in [2.45, 2.75) is 51.9 Å². The molecule has 1 aromatic heterocycles. The molecule has 2 aromatic rings. The molecule has 1 aliphatic carbocycles. The molecule has 0 saturated heterocycles. The summed E-state index contributed by atoms with van der Waals surface area (Å²) in [4.78, 5) is 7.79. The van der Waals surface area contributed by atoms with E-state index in [1.807, 2.05) is 24.3 Å². The van der Waals surface area contributed by atoms with Crippen molar-refractivity contribution in [2.24, 2.45) is 16.8 Å². The number of aromatic nitrogens is 1. The summed E-state index contributed by atoms with van der Waals surface area (Å²) >= 11 is 4.52. The molecule has 0 unspecified atom stereocenters. The van der Waals surface area contributed by atoms with Crippen LogP contribution in [0.15, 0.2) is 41.5 Å². The Bertz CT molecular complexity index is 896. The van der Waals surface area contributed by atoms with E-state index in [4.69, 9.17) is 0 Å². The van der Waals surface area contributed by atoms with Crippen LogP contribution in [0.4, 0.5) is 10.2 Å². The highest BCUT2D eigenvalue weighted by Crippen LogP contribution is 2.31. The minimum absolute atomic E-state index is 0.225. The molecular weight excluding hydrogens is 367 g/mol. The molecule has 4 heteroatoms. The molecule has 1 saturated carbocycles. The van der Waals surface area contributed by atoms with Gasteiger partial charge in [-0.05, 0) is 61.5 Å². The fourth-order valence-corrected chi connectivity index (χ4v) is 3.84. The first-order chi connectivity index (χ1) is 13.7. The number of hydrogen-bond donors (Lipinski definition) is 0. The van der Waals surface area contributed by atoms with E-state index in [2.05, 4.69) is 46.1 Å². The molecule has 28 heavy (non-hydrogen) atoms. The molecule has 0 atom stereocenters. The monoisotopic (exact) mass is 392 g/mol. The van der Waals surface area contributed by atoms with Crippen molar-refractivity contribution >= 4 is 23.2 Å². The molecule has 144 valence electrons. The third kappa shape index (κ3) is 5.58. The molecule has 1 aromatic carbocycles. The van der Waals surface area contributed by atoms with Gasteiger partial charge < -0.3 is 0 Å². The molecule has 0 radical (unpaired) electrons. The maximum atomic E-state index is 14.3. The maximum Gasteiger partial charge on any atom is 0.165 e. The number of isothiocyanates is 1. The Balaban J connectivity index is 1.62. The minimum Gasteiger partial charge on any atom is -0.236 e. The lowest BCUT2D eigenvalue weighted by Crippen LogP contribution is -2.13. The van der Waals surface area contributed by atoms with Crippen molar-refractivity contribution in [1.82, 2.24) is 4.98 Å². The highest BCUT2D eigenvalue weighted by Gasteiger charge is 2.19. The van der Waals surface area contributed by atoms with E-state index in [0.717, 1.165) is 17.0 Å². The van der Waals surface area contributed by atoms with E-state index in [-0.39, 0.29) is 11.6 Å². The molecule has 0 bridgehead atoms. The normalized spacial score (nSPS) is 18.6. The molecule has 3 rings (SSSR count). The standard InChI is InChI=1S/C24H25FN2S/c1-2-3-4-18-5-7-19(8-6-18)9-10-20-11-13-21(14-12-20)22-16-26-24(27-17-28)15-23(22)25/h11-16,18-19H,2-8H2,1H3. The van der Waals surface area contributed by atoms with Crippen molar-refractivity contribution in [3.8, 4) is 23.0 Å². The van der Waals surface area contributed by atoms with Crippen LogP contribution in [-0.4, -0.2) is 10.1 Å². The second-order valence-corrected chi connectivity index (χ2v) is 7.61. The Hall–Kier alpha value is -2.34. The number of halogens is 1. The Kier molecular flexibility index (Phi) is 7.48. The van der Waals surface area contributed by atoms with E-state index in [1.54, 1.807) is 0 Å².